The summed E-state index contributed by atoms with van der Waals surface area (Å²) in [6, 6.07) is 6.67. The van der Waals surface area contributed by atoms with Gasteiger partial charge in [0, 0.05) is 11.4 Å². The first kappa shape index (κ1) is 16.8. The summed E-state index contributed by atoms with van der Waals surface area (Å²) in [5.74, 6) is -0.883. The van der Waals surface area contributed by atoms with Gasteiger partial charge in [-0.05, 0) is 47.0 Å². The predicted molar refractivity (Wildman–Crippen MR) is 88.7 cm³/mol. The third-order valence-corrected chi connectivity index (χ3v) is 4.06. The maximum Gasteiger partial charge on any atom is 0.306 e. The first-order valence-electron chi connectivity index (χ1n) is 6.46. The molecule has 116 valence electrons. The Morgan fingerprint density at radius 3 is 2.77 bits per heavy atom. The van der Waals surface area contributed by atoms with Gasteiger partial charge < -0.3 is 10.1 Å². The molecule has 4 nitrogen and oxygen atoms in total. The SMILES string of the molecule is O=C(COC(=O)CCc1ccsc1)Nc1cc(Cl)ccc1Cl. The van der Waals surface area contributed by atoms with Crippen LogP contribution in [0.4, 0.5) is 5.69 Å². The second-order valence-electron chi connectivity index (χ2n) is 4.46. The van der Waals surface area contributed by atoms with Crippen molar-refractivity contribution in [1.82, 2.24) is 0 Å². The second kappa shape index (κ2) is 8.17. The Balaban J connectivity index is 1.75. The van der Waals surface area contributed by atoms with Crippen LogP contribution in [0.5, 0.6) is 0 Å². The molecule has 0 aliphatic heterocycles. The molecule has 1 heterocycles. The lowest BCUT2D eigenvalue weighted by Gasteiger charge is -2.08. The van der Waals surface area contributed by atoms with Gasteiger partial charge in [-0.3, -0.25) is 9.59 Å². The monoisotopic (exact) mass is 357 g/mol. The summed E-state index contributed by atoms with van der Waals surface area (Å²) in [7, 11) is 0. The minimum absolute atomic E-state index is 0.238. The van der Waals surface area contributed by atoms with Crippen molar-refractivity contribution in [2.24, 2.45) is 0 Å². The first-order chi connectivity index (χ1) is 10.5. The highest BCUT2D eigenvalue weighted by atomic mass is 35.5. The Hall–Kier alpha value is -1.56. The largest absolute Gasteiger partial charge is 0.456 e. The number of nitrogens with one attached hydrogen (secondary N) is 1. The van der Waals surface area contributed by atoms with Crippen LogP contribution >= 0.6 is 34.5 Å². The van der Waals surface area contributed by atoms with Gasteiger partial charge in [0.05, 0.1) is 10.7 Å². The van der Waals surface area contributed by atoms with Crippen molar-refractivity contribution in [3.8, 4) is 0 Å². The fraction of sp³-hybridized carbons (Fsp3) is 0.200. The molecular formula is C15H13Cl2NO3S. The summed E-state index contributed by atoms with van der Waals surface area (Å²) in [4.78, 5) is 23.3. The lowest BCUT2D eigenvalue weighted by molar-refractivity contribution is -0.147. The van der Waals surface area contributed by atoms with Crippen molar-refractivity contribution in [2.75, 3.05) is 11.9 Å². The standard InChI is InChI=1S/C15H13Cl2NO3S/c16-11-2-3-12(17)13(7-11)18-14(19)8-21-15(20)4-1-10-5-6-22-9-10/h2-3,5-7,9H,1,4,8H2,(H,18,19). The summed E-state index contributed by atoms with van der Waals surface area (Å²) >= 11 is 13.3. The maximum absolute atomic E-state index is 11.7. The van der Waals surface area contributed by atoms with Crippen LogP contribution < -0.4 is 5.32 Å². The summed E-state index contributed by atoms with van der Waals surface area (Å²) in [6.45, 7) is -0.356. The number of halogens is 2. The summed E-state index contributed by atoms with van der Waals surface area (Å²) in [5, 5.41) is 7.28. The van der Waals surface area contributed by atoms with Gasteiger partial charge >= 0.3 is 5.97 Å². The minimum Gasteiger partial charge on any atom is -0.456 e. The van der Waals surface area contributed by atoms with Gasteiger partial charge in [-0.15, -0.1) is 0 Å². The van der Waals surface area contributed by atoms with Crippen LogP contribution in [0.2, 0.25) is 10.0 Å². The van der Waals surface area contributed by atoms with Crippen molar-refractivity contribution in [3.05, 3.63) is 50.6 Å². The zero-order valence-corrected chi connectivity index (χ0v) is 13.8. The van der Waals surface area contributed by atoms with Crippen LogP contribution in [0, 0.1) is 0 Å². The second-order valence-corrected chi connectivity index (χ2v) is 6.09. The Morgan fingerprint density at radius 2 is 2.05 bits per heavy atom. The van der Waals surface area contributed by atoms with Crippen LogP contribution in [-0.4, -0.2) is 18.5 Å². The van der Waals surface area contributed by atoms with Gasteiger partial charge in [0.25, 0.3) is 5.91 Å². The number of esters is 1. The number of benzene rings is 1. The van der Waals surface area contributed by atoms with E-state index in [0.29, 0.717) is 22.2 Å². The van der Waals surface area contributed by atoms with E-state index < -0.39 is 11.9 Å². The highest BCUT2D eigenvalue weighted by molar-refractivity contribution is 7.07. The molecular weight excluding hydrogens is 345 g/mol. The van der Waals surface area contributed by atoms with E-state index in [4.69, 9.17) is 27.9 Å². The van der Waals surface area contributed by atoms with E-state index in [1.165, 1.54) is 6.07 Å². The molecule has 1 amide bonds. The van der Waals surface area contributed by atoms with Crippen LogP contribution in [0.3, 0.4) is 0 Å². The fourth-order valence-electron chi connectivity index (χ4n) is 1.68. The highest BCUT2D eigenvalue weighted by Crippen LogP contribution is 2.25. The van der Waals surface area contributed by atoms with E-state index in [2.05, 4.69) is 5.32 Å². The number of ether oxygens (including phenoxy) is 1. The van der Waals surface area contributed by atoms with Crippen LogP contribution in [0.1, 0.15) is 12.0 Å². The van der Waals surface area contributed by atoms with Crippen LogP contribution in [0.15, 0.2) is 35.0 Å². The number of hydrogen-bond acceptors (Lipinski definition) is 4. The van der Waals surface area contributed by atoms with E-state index in [0.717, 1.165) is 5.56 Å². The first-order valence-corrected chi connectivity index (χ1v) is 8.16. The highest BCUT2D eigenvalue weighted by Gasteiger charge is 2.10. The Bertz CT molecular complexity index is 659. The average Bonchev–Trinajstić information content (AvgIpc) is 3.00. The maximum atomic E-state index is 11.7. The topological polar surface area (TPSA) is 55.4 Å². The van der Waals surface area contributed by atoms with Crippen molar-refractivity contribution < 1.29 is 14.3 Å². The average molecular weight is 358 g/mol. The van der Waals surface area contributed by atoms with Crippen LogP contribution in [-0.2, 0) is 20.7 Å². The molecule has 2 rings (SSSR count). The van der Waals surface area contributed by atoms with E-state index >= 15 is 0 Å². The van der Waals surface area contributed by atoms with Crippen LogP contribution in [0.25, 0.3) is 0 Å². The van der Waals surface area contributed by atoms with Gasteiger partial charge in [-0.25, -0.2) is 0 Å². The number of rotatable bonds is 6. The molecule has 0 atom stereocenters. The summed E-state index contributed by atoms with van der Waals surface area (Å²) in [5.41, 5.74) is 1.46. The number of hydrogen-bond donors (Lipinski definition) is 1. The van der Waals surface area contributed by atoms with E-state index in [-0.39, 0.29) is 13.0 Å². The molecule has 0 fully saturated rings. The van der Waals surface area contributed by atoms with Gasteiger partial charge in [-0.1, -0.05) is 23.2 Å². The molecule has 0 bridgehead atoms. The molecule has 0 aliphatic rings. The van der Waals surface area contributed by atoms with E-state index in [9.17, 15) is 9.59 Å². The molecule has 1 aromatic heterocycles. The zero-order chi connectivity index (χ0) is 15.9. The Kier molecular flexibility index (Phi) is 6.24. The third kappa shape index (κ3) is 5.33. The van der Waals surface area contributed by atoms with Crippen molar-refractivity contribution >= 4 is 52.1 Å². The number of aryl methyl sites for hydroxylation is 1. The number of carbonyl (C=O) groups excluding carboxylic acids is 2. The Morgan fingerprint density at radius 1 is 1.23 bits per heavy atom. The molecule has 0 saturated heterocycles. The number of anilines is 1. The Labute approximate surface area is 142 Å². The lowest BCUT2D eigenvalue weighted by atomic mass is 10.2. The molecule has 1 N–H and O–H groups in total. The smallest absolute Gasteiger partial charge is 0.306 e. The number of amides is 1. The molecule has 0 spiro atoms. The third-order valence-electron chi connectivity index (χ3n) is 2.76. The normalized spacial score (nSPS) is 10.3. The molecule has 0 saturated carbocycles. The zero-order valence-electron chi connectivity index (χ0n) is 11.5. The summed E-state index contributed by atoms with van der Waals surface area (Å²) < 4.78 is 4.92. The fourth-order valence-corrected chi connectivity index (χ4v) is 2.72. The van der Waals surface area contributed by atoms with Crippen molar-refractivity contribution in [2.45, 2.75) is 12.8 Å². The van der Waals surface area contributed by atoms with E-state index in [1.54, 1.807) is 23.5 Å². The number of thiophene rings is 1. The van der Waals surface area contributed by atoms with Crippen molar-refractivity contribution in [1.29, 1.82) is 0 Å². The van der Waals surface area contributed by atoms with Crippen molar-refractivity contribution in [3.63, 3.8) is 0 Å². The number of carbonyl (C=O) groups is 2. The molecule has 0 radical (unpaired) electrons. The molecule has 7 heteroatoms. The van der Waals surface area contributed by atoms with Gasteiger partial charge in [-0.2, -0.15) is 11.3 Å². The van der Waals surface area contributed by atoms with Gasteiger partial charge in [0.2, 0.25) is 0 Å². The molecule has 0 unspecified atom stereocenters. The van der Waals surface area contributed by atoms with Gasteiger partial charge in [0.15, 0.2) is 6.61 Å². The van der Waals surface area contributed by atoms with E-state index in [1.807, 2.05) is 16.8 Å². The molecule has 22 heavy (non-hydrogen) atoms. The minimum atomic E-state index is -0.465. The predicted octanol–water partition coefficient (Wildman–Crippen LogP) is 4.17. The molecule has 2 aromatic rings. The molecule has 1 aromatic carbocycles. The molecule has 0 aliphatic carbocycles. The van der Waals surface area contributed by atoms with Gasteiger partial charge in [0.1, 0.15) is 0 Å². The lowest BCUT2D eigenvalue weighted by Crippen LogP contribution is -2.21. The summed E-state index contributed by atoms with van der Waals surface area (Å²) in [6.07, 6.45) is 0.839. The quantitative estimate of drug-likeness (QED) is 0.789.